The first-order valence-corrected chi connectivity index (χ1v) is 12.4. The van der Waals surface area contributed by atoms with Crippen molar-refractivity contribution in [2.45, 2.75) is 70.3 Å². The smallest absolute Gasteiger partial charge is 0.429 e. The lowest BCUT2D eigenvalue weighted by molar-refractivity contribution is -0.188. The van der Waals surface area contributed by atoms with Gasteiger partial charge in [-0.2, -0.15) is 8.78 Å². The Hall–Kier alpha value is -2.51. The van der Waals surface area contributed by atoms with E-state index in [1.807, 2.05) is 6.92 Å². The molecular weight excluding hydrogens is 485 g/mol. The molecule has 2 aliphatic rings. The van der Waals surface area contributed by atoms with Crippen LogP contribution >= 0.6 is 0 Å². The molecular formula is C28H29F7O. The molecule has 4 rings (SSSR count). The summed E-state index contributed by atoms with van der Waals surface area (Å²) in [6.07, 6.45) is 7.65. The van der Waals surface area contributed by atoms with Crippen LogP contribution in [0.2, 0.25) is 0 Å². The maximum atomic E-state index is 14.9. The van der Waals surface area contributed by atoms with Crippen molar-refractivity contribution in [2.75, 3.05) is 0 Å². The molecule has 1 nitrogen and oxygen atoms in total. The molecule has 0 heterocycles. The third-order valence-electron chi connectivity index (χ3n) is 7.79. The van der Waals surface area contributed by atoms with Gasteiger partial charge in [0.25, 0.3) is 0 Å². The van der Waals surface area contributed by atoms with Crippen molar-refractivity contribution in [3.05, 3.63) is 76.6 Å². The lowest BCUT2D eigenvalue weighted by Gasteiger charge is -2.37. The molecule has 0 aliphatic heterocycles. The van der Waals surface area contributed by atoms with Gasteiger partial charge in [-0.25, -0.2) is 22.0 Å². The van der Waals surface area contributed by atoms with E-state index < -0.39 is 46.5 Å². The Morgan fingerprint density at radius 3 is 1.86 bits per heavy atom. The number of halogens is 7. The molecule has 0 N–H and O–H groups in total. The van der Waals surface area contributed by atoms with Crippen molar-refractivity contribution in [2.24, 2.45) is 17.8 Å². The predicted octanol–water partition coefficient (Wildman–Crippen LogP) is 9.17. The highest BCUT2D eigenvalue weighted by molar-refractivity contribution is 5.33. The second kappa shape index (κ2) is 10.9. The third-order valence-corrected chi connectivity index (χ3v) is 7.79. The first-order chi connectivity index (χ1) is 17.1. The van der Waals surface area contributed by atoms with E-state index in [1.165, 1.54) is 25.7 Å². The van der Waals surface area contributed by atoms with E-state index in [2.05, 4.69) is 16.9 Å². The van der Waals surface area contributed by atoms with Gasteiger partial charge < -0.3 is 4.74 Å². The molecule has 2 fully saturated rings. The zero-order chi connectivity index (χ0) is 26.0. The highest BCUT2D eigenvalue weighted by Crippen LogP contribution is 2.45. The standard InChI is InChI=1S/C28H29F7O/c1-2-3-16-4-6-17(7-5-16)18-8-10-19(11-9-18)21-12-13-22(26(32)25(21)31)28(34,35)36-20-14-23(29)27(33)24(30)15-20/h2-3,12-19H,4-11H2,1H3/b3-2+. The van der Waals surface area contributed by atoms with E-state index in [4.69, 9.17) is 0 Å². The lowest BCUT2D eigenvalue weighted by Crippen LogP contribution is -2.26. The maximum absolute atomic E-state index is 14.9. The zero-order valence-electron chi connectivity index (χ0n) is 20.0. The fourth-order valence-corrected chi connectivity index (χ4v) is 5.88. The minimum absolute atomic E-state index is 0.0427. The van der Waals surface area contributed by atoms with Gasteiger partial charge in [-0.15, -0.1) is 0 Å². The fourth-order valence-electron chi connectivity index (χ4n) is 5.88. The van der Waals surface area contributed by atoms with E-state index in [0.717, 1.165) is 25.0 Å². The quantitative estimate of drug-likeness (QED) is 0.212. The lowest BCUT2D eigenvalue weighted by atomic mass is 9.68. The zero-order valence-corrected chi connectivity index (χ0v) is 20.0. The second-order valence-electron chi connectivity index (χ2n) is 9.96. The van der Waals surface area contributed by atoms with Gasteiger partial charge >= 0.3 is 6.11 Å². The van der Waals surface area contributed by atoms with Crippen molar-refractivity contribution in [3.8, 4) is 5.75 Å². The Bertz CT molecular complexity index is 1070. The van der Waals surface area contributed by atoms with Crippen LogP contribution in [-0.4, -0.2) is 0 Å². The van der Waals surface area contributed by atoms with E-state index in [1.54, 1.807) is 0 Å². The van der Waals surface area contributed by atoms with Crippen molar-refractivity contribution >= 4 is 0 Å². The highest BCUT2D eigenvalue weighted by Gasteiger charge is 2.41. The number of hydrogen-bond donors (Lipinski definition) is 0. The van der Waals surface area contributed by atoms with Gasteiger partial charge in [-0.3, -0.25) is 0 Å². The minimum Gasteiger partial charge on any atom is -0.429 e. The molecule has 2 saturated carbocycles. The van der Waals surface area contributed by atoms with Gasteiger partial charge in [0.15, 0.2) is 29.1 Å². The van der Waals surface area contributed by atoms with Crippen LogP contribution in [0.15, 0.2) is 36.4 Å². The van der Waals surface area contributed by atoms with Crippen LogP contribution in [0.4, 0.5) is 30.7 Å². The molecule has 0 amide bonds. The van der Waals surface area contributed by atoms with Crippen molar-refractivity contribution in [1.82, 2.24) is 0 Å². The van der Waals surface area contributed by atoms with E-state index in [9.17, 15) is 30.7 Å². The summed E-state index contributed by atoms with van der Waals surface area (Å²) in [6.45, 7) is 2.03. The third kappa shape index (κ3) is 5.57. The largest absolute Gasteiger partial charge is 0.429 e. The van der Waals surface area contributed by atoms with Crippen molar-refractivity contribution in [3.63, 3.8) is 0 Å². The van der Waals surface area contributed by atoms with Crippen LogP contribution in [0.1, 0.15) is 75.3 Å². The summed E-state index contributed by atoms with van der Waals surface area (Å²) >= 11 is 0. The van der Waals surface area contributed by atoms with Crippen molar-refractivity contribution in [1.29, 1.82) is 0 Å². The molecule has 2 aromatic carbocycles. The molecule has 2 aromatic rings. The van der Waals surface area contributed by atoms with Gasteiger partial charge in [-0.1, -0.05) is 18.2 Å². The van der Waals surface area contributed by atoms with Crippen LogP contribution in [0.25, 0.3) is 0 Å². The van der Waals surface area contributed by atoms with E-state index in [0.29, 0.717) is 30.6 Å². The molecule has 2 aliphatic carbocycles. The first kappa shape index (κ1) is 26.6. The Morgan fingerprint density at radius 2 is 1.31 bits per heavy atom. The molecule has 0 atom stereocenters. The molecule has 0 spiro atoms. The molecule has 36 heavy (non-hydrogen) atoms. The highest BCUT2D eigenvalue weighted by atomic mass is 19.3. The monoisotopic (exact) mass is 514 g/mol. The average molecular weight is 515 g/mol. The molecule has 0 radical (unpaired) electrons. The van der Waals surface area contributed by atoms with Gasteiger partial charge in [0.1, 0.15) is 11.3 Å². The average Bonchev–Trinajstić information content (AvgIpc) is 2.84. The summed E-state index contributed by atoms with van der Waals surface area (Å²) in [4.78, 5) is 0. The van der Waals surface area contributed by atoms with E-state index in [-0.39, 0.29) is 23.6 Å². The molecule has 0 aromatic heterocycles. The molecule has 0 unspecified atom stereocenters. The Morgan fingerprint density at radius 1 is 0.750 bits per heavy atom. The minimum atomic E-state index is -4.44. The Kier molecular flexibility index (Phi) is 8.00. The molecule has 8 heteroatoms. The molecule has 196 valence electrons. The normalized spacial score (nSPS) is 25.3. The fraction of sp³-hybridized carbons (Fsp3) is 0.500. The number of allylic oxidation sites excluding steroid dienone is 2. The Labute approximate surface area is 206 Å². The number of alkyl halides is 2. The Balaban J connectivity index is 1.42. The molecule has 0 saturated heterocycles. The maximum Gasteiger partial charge on any atom is 0.429 e. The number of rotatable bonds is 6. The summed E-state index contributed by atoms with van der Waals surface area (Å²) in [6, 6.07) is 2.28. The van der Waals surface area contributed by atoms with Gasteiger partial charge in [0, 0.05) is 12.1 Å². The summed E-state index contributed by atoms with van der Waals surface area (Å²) < 4.78 is 103. The van der Waals surface area contributed by atoms with Gasteiger partial charge in [0.05, 0.1) is 0 Å². The van der Waals surface area contributed by atoms with E-state index >= 15 is 0 Å². The number of benzene rings is 2. The van der Waals surface area contributed by atoms with Crippen LogP contribution in [0.3, 0.4) is 0 Å². The van der Waals surface area contributed by atoms with Crippen LogP contribution < -0.4 is 4.74 Å². The number of ether oxygens (including phenoxy) is 1. The summed E-state index contributed by atoms with van der Waals surface area (Å²) in [5.74, 6) is -8.02. The first-order valence-electron chi connectivity index (χ1n) is 12.4. The van der Waals surface area contributed by atoms with Crippen molar-refractivity contribution < 1.29 is 35.5 Å². The van der Waals surface area contributed by atoms with Crippen LogP contribution in [0.5, 0.6) is 5.75 Å². The topological polar surface area (TPSA) is 9.23 Å². The van der Waals surface area contributed by atoms with Gasteiger partial charge in [0.2, 0.25) is 0 Å². The van der Waals surface area contributed by atoms with Crippen LogP contribution in [0, 0.1) is 46.8 Å². The van der Waals surface area contributed by atoms with Gasteiger partial charge in [-0.05, 0) is 93.6 Å². The summed E-state index contributed by atoms with van der Waals surface area (Å²) in [5, 5.41) is 0. The summed E-state index contributed by atoms with van der Waals surface area (Å²) in [5.41, 5.74) is -1.36. The number of hydrogen-bond acceptors (Lipinski definition) is 1. The summed E-state index contributed by atoms with van der Waals surface area (Å²) in [7, 11) is 0. The second-order valence-corrected chi connectivity index (χ2v) is 9.96. The predicted molar refractivity (Wildman–Crippen MR) is 122 cm³/mol. The van der Waals surface area contributed by atoms with Crippen LogP contribution in [-0.2, 0) is 6.11 Å². The SMILES string of the molecule is C/C=C/C1CCC(C2CCC(c3ccc(C(F)(F)Oc4cc(F)c(F)c(F)c4)c(F)c3F)CC2)CC1. The molecule has 0 bridgehead atoms.